The number of nitrogens with zero attached hydrogens (tertiary/aromatic N) is 5. The van der Waals surface area contributed by atoms with Crippen molar-refractivity contribution >= 4 is 0 Å². The van der Waals surface area contributed by atoms with Gasteiger partial charge in [0.25, 0.3) is 0 Å². The average molecular weight is 321 g/mol. The largest absolute Gasteiger partial charge is 0.310 e. The maximum absolute atomic E-state index is 8.89. The van der Waals surface area contributed by atoms with Crippen LogP contribution < -0.4 is 5.32 Å². The number of benzene rings is 1. The molecule has 0 aliphatic heterocycles. The molecule has 0 saturated heterocycles. The van der Waals surface area contributed by atoms with Gasteiger partial charge in [0.1, 0.15) is 12.2 Å². The zero-order valence-corrected chi connectivity index (χ0v) is 13.7. The van der Waals surface area contributed by atoms with Crippen LogP contribution in [-0.2, 0) is 6.42 Å². The van der Waals surface area contributed by atoms with Crippen LogP contribution in [0.25, 0.3) is 5.69 Å². The van der Waals surface area contributed by atoms with E-state index in [0.717, 1.165) is 35.7 Å². The summed E-state index contributed by atoms with van der Waals surface area (Å²) in [6, 6.07) is 9.72. The third kappa shape index (κ3) is 3.34. The van der Waals surface area contributed by atoms with E-state index >= 15 is 0 Å². The topological polar surface area (TPSA) is 95.2 Å². The van der Waals surface area contributed by atoms with Gasteiger partial charge in [0, 0.05) is 30.3 Å². The van der Waals surface area contributed by atoms with E-state index in [9.17, 15) is 0 Å². The third-order valence-corrected chi connectivity index (χ3v) is 4.03. The number of hydrogen-bond donors (Lipinski definition) is 2. The third-order valence-electron chi connectivity index (χ3n) is 4.03. The Balaban J connectivity index is 1.68. The Bertz CT molecular complexity index is 825. The lowest BCUT2D eigenvalue weighted by Gasteiger charge is -2.13. The molecule has 0 aliphatic carbocycles. The predicted molar refractivity (Wildman–Crippen MR) is 89.5 cm³/mol. The van der Waals surface area contributed by atoms with Crippen molar-refractivity contribution < 1.29 is 0 Å². The second-order valence-corrected chi connectivity index (χ2v) is 5.61. The number of rotatable bonds is 6. The molecule has 1 aromatic carbocycles. The van der Waals surface area contributed by atoms with Crippen LogP contribution in [0.2, 0.25) is 0 Å². The van der Waals surface area contributed by atoms with Gasteiger partial charge in [-0.25, -0.2) is 9.67 Å². The number of aromatic nitrogens is 5. The maximum atomic E-state index is 8.89. The summed E-state index contributed by atoms with van der Waals surface area (Å²) in [5.41, 5.74) is 3.83. The standard InChI is InChI=1S/C17H19N7/c1-12(19-8-7-17-20-11-21-23-17)16-10-22-24(13(16)2)15-5-3-14(9-18)4-6-15/h3-6,10-12,19H,7-8H2,1-2H3,(H,20,21,23). The number of nitrogens with one attached hydrogen (secondary N) is 2. The number of aromatic amines is 1. The summed E-state index contributed by atoms with van der Waals surface area (Å²) in [6.07, 6.45) is 4.21. The van der Waals surface area contributed by atoms with Crippen LogP contribution in [0.1, 0.15) is 35.6 Å². The lowest BCUT2D eigenvalue weighted by Crippen LogP contribution is -2.22. The predicted octanol–water partition coefficient (Wildman–Crippen LogP) is 2.06. The lowest BCUT2D eigenvalue weighted by molar-refractivity contribution is 0.568. The normalized spacial score (nSPS) is 12.0. The van der Waals surface area contributed by atoms with Gasteiger partial charge in [-0.05, 0) is 38.1 Å². The molecule has 1 unspecified atom stereocenters. The summed E-state index contributed by atoms with van der Waals surface area (Å²) < 4.78 is 1.89. The zero-order valence-electron chi connectivity index (χ0n) is 13.7. The Kier molecular flexibility index (Phi) is 4.68. The maximum Gasteiger partial charge on any atom is 0.137 e. The number of hydrogen-bond acceptors (Lipinski definition) is 5. The molecule has 0 saturated carbocycles. The van der Waals surface area contributed by atoms with Crippen LogP contribution in [0.15, 0.2) is 36.8 Å². The smallest absolute Gasteiger partial charge is 0.137 e. The van der Waals surface area contributed by atoms with E-state index in [1.807, 2.05) is 23.0 Å². The minimum Gasteiger partial charge on any atom is -0.310 e. The van der Waals surface area contributed by atoms with Gasteiger partial charge in [0.05, 0.1) is 23.5 Å². The highest BCUT2D eigenvalue weighted by Gasteiger charge is 2.14. The summed E-state index contributed by atoms with van der Waals surface area (Å²) in [5.74, 6) is 0.875. The van der Waals surface area contributed by atoms with E-state index in [4.69, 9.17) is 5.26 Å². The second kappa shape index (κ2) is 7.06. The van der Waals surface area contributed by atoms with Crippen molar-refractivity contribution in [1.82, 2.24) is 30.3 Å². The first-order valence-electron chi connectivity index (χ1n) is 7.81. The van der Waals surface area contributed by atoms with Crippen molar-refractivity contribution in [1.29, 1.82) is 5.26 Å². The van der Waals surface area contributed by atoms with Gasteiger partial charge in [0.15, 0.2) is 0 Å². The van der Waals surface area contributed by atoms with Crippen molar-refractivity contribution in [3.63, 3.8) is 0 Å². The molecule has 2 aromatic heterocycles. The molecule has 0 radical (unpaired) electrons. The minimum atomic E-state index is 0.181. The highest BCUT2D eigenvalue weighted by atomic mass is 15.3. The van der Waals surface area contributed by atoms with E-state index in [2.05, 4.69) is 45.5 Å². The molecule has 2 heterocycles. The van der Waals surface area contributed by atoms with Crippen LogP contribution in [0.3, 0.4) is 0 Å². The molecule has 3 aromatic rings. The first-order valence-corrected chi connectivity index (χ1v) is 7.81. The van der Waals surface area contributed by atoms with Crippen molar-refractivity contribution in [2.24, 2.45) is 0 Å². The Hall–Kier alpha value is -2.98. The monoisotopic (exact) mass is 321 g/mol. The summed E-state index contributed by atoms with van der Waals surface area (Å²) in [7, 11) is 0. The molecule has 0 bridgehead atoms. The second-order valence-electron chi connectivity index (χ2n) is 5.61. The molecule has 0 amide bonds. The van der Waals surface area contributed by atoms with Crippen LogP contribution in [0.5, 0.6) is 0 Å². The number of H-pyrrole nitrogens is 1. The zero-order chi connectivity index (χ0) is 16.9. The van der Waals surface area contributed by atoms with Crippen molar-refractivity contribution in [2.75, 3.05) is 6.54 Å². The molecule has 0 spiro atoms. The van der Waals surface area contributed by atoms with Crippen LogP contribution in [-0.4, -0.2) is 31.5 Å². The first kappa shape index (κ1) is 15.9. The average Bonchev–Trinajstić information content (AvgIpc) is 3.24. The van der Waals surface area contributed by atoms with Crippen molar-refractivity contribution in [3.8, 4) is 11.8 Å². The highest BCUT2D eigenvalue weighted by Crippen LogP contribution is 2.20. The van der Waals surface area contributed by atoms with Gasteiger partial charge in [-0.1, -0.05) is 0 Å². The molecular weight excluding hydrogens is 302 g/mol. The first-order chi connectivity index (χ1) is 11.7. The van der Waals surface area contributed by atoms with Crippen LogP contribution >= 0.6 is 0 Å². The fourth-order valence-corrected chi connectivity index (χ4v) is 2.65. The summed E-state index contributed by atoms with van der Waals surface area (Å²) in [4.78, 5) is 4.12. The van der Waals surface area contributed by atoms with Gasteiger partial charge in [-0.3, -0.25) is 5.10 Å². The Labute approximate surface area is 140 Å². The van der Waals surface area contributed by atoms with Gasteiger partial charge >= 0.3 is 0 Å². The summed E-state index contributed by atoms with van der Waals surface area (Å²) in [5, 5.41) is 23.6. The summed E-state index contributed by atoms with van der Waals surface area (Å²) >= 11 is 0. The molecule has 7 heteroatoms. The quantitative estimate of drug-likeness (QED) is 0.724. The van der Waals surface area contributed by atoms with Gasteiger partial charge in [0.2, 0.25) is 0 Å². The molecule has 2 N–H and O–H groups in total. The Morgan fingerprint density at radius 1 is 1.33 bits per heavy atom. The van der Waals surface area contributed by atoms with Gasteiger partial charge < -0.3 is 5.32 Å². The van der Waals surface area contributed by atoms with Gasteiger partial charge in [-0.15, -0.1) is 0 Å². The summed E-state index contributed by atoms with van der Waals surface area (Å²) in [6.45, 7) is 4.97. The van der Waals surface area contributed by atoms with E-state index in [-0.39, 0.29) is 6.04 Å². The van der Waals surface area contributed by atoms with E-state index in [1.54, 1.807) is 12.1 Å². The molecule has 1 atom stereocenters. The van der Waals surface area contributed by atoms with E-state index in [1.165, 1.54) is 6.33 Å². The van der Waals surface area contributed by atoms with Crippen molar-refractivity contribution in [3.05, 3.63) is 59.4 Å². The Morgan fingerprint density at radius 3 is 2.79 bits per heavy atom. The molecule has 7 nitrogen and oxygen atoms in total. The molecule has 122 valence electrons. The molecular formula is C17H19N7. The Morgan fingerprint density at radius 2 is 2.12 bits per heavy atom. The SMILES string of the molecule is Cc1c(C(C)NCCc2ncn[nH]2)cnn1-c1ccc(C#N)cc1. The minimum absolute atomic E-state index is 0.181. The molecule has 3 rings (SSSR count). The fraction of sp³-hybridized carbons (Fsp3) is 0.294. The van der Waals surface area contributed by atoms with Crippen molar-refractivity contribution in [2.45, 2.75) is 26.3 Å². The molecule has 24 heavy (non-hydrogen) atoms. The lowest BCUT2D eigenvalue weighted by atomic mass is 10.1. The molecule has 0 fully saturated rings. The van der Waals surface area contributed by atoms with E-state index < -0.39 is 0 Å². The fourth-order valence-electron chi connectivity index (χ4n) is 2.65. The molecule has 0 aliphatic rings. The van der Waals surface area contributed by atoms with Gasteiger partial charge in [-0.2, -0.15) is 15.5 Å². The van der Waals surface area contributed by atoms with Crippen LogP contribution in [0.4, 0.5) is 0 Å². The van der Waals surface area contributed by atoms with E-state index in [0.29, 0.717) is 5.56 Å². The number of nitriles is 1. The highest BCUT2D eigenvalue weighted by molar-refractivity contribution is 5.40. The van der Waals surface area contributed by atoms with Crippen LogP contribution in [0, 0.1) is 18.3 Å².